The molecule has 3 aromatic carbocycles. The van der Waals surface area contributed by atoms with Crippen LogP contribution in [-0.2, 0) is 0 Å². The highest BCUT2D eigenvalue weighted by molar-refractivity contribution is 6.08. The lowest BCUT2D eigenvalue weighted by Crippen LogP contribution is -2.15. The highest BCUT2D eigenvalue weighted by Crippen LogP contribution is 2.31. The zero-order chi connectivity index (χ0) is 21.3. The molecule has 0 radical (unpaired) electrons. The maximum atomic E-state index is 13.0. The molecule has 0 unspecified atom stereocenters. The first kappa shape index (κ1) is 19.5. The SMILES string of the molecule is COc1cccc(OC)c1C(=O)Nc1cc(-c2nc3ccc(C)cc3o2)ccc1C. The van der Waals surface area contributed by atoms with Crippen LogP contribution in [0.3, 0.4) is 0 Å². The van der Waals surface area contributed by atoms with Gasteiger partial charge in [0.1, 0.15) is 22.6 Å². The van der Waals surface area contributed by atoms with E-state index in [-0.39, 0.29) is 5.91 Å². The number of oxazole rings is 1. The number of carbonyl (C=O) groups excluding carboxylic acids is 1. The van der Waals surface area contributed by atoms with E-state index in [9.17, 15) is 4.79 Å². The van der Waals surface area contributed by atoms with Crippen LogP contribution in [0.5, 0.6) is 11.5 Å². The number of methoxy groups -OCH3 is 2. The summed E-state index contributed by atoms with van der Waals surface area (Å²) >= 11 is 0. The van der Waals surface area contributed by atoms with E-state index in [0.717, 1.165) is 27.8 Å². The summed E-state index contributed by atoms with van der Waals surface area (Å²) in [6.45, 7) is 3.93. The minimum absolute atomic E-state index is 0.322. The van der Waals surface area contributed by atoms with Gasteiger partial charge in [-0.05, 0) is 61.4 Å². The van der Waals surface area contributed by atoms with Gasteiger partial charge >= 0.3 is 0 Å². The Hall–Kier alpha value is -3.80. The summed E-state index contributed by atoms with van der Waals surface area (Å²) in [5.41, 5.74) is 5.31. The summed E-state index contributed by atoms with van der Waals surface area (Å²) in [7, 11) is 3.04. The summed E-state index contributed by atoms with van der Waals surface area (Å²) in [5, 5.41) is 2.96. The predicted molar refractivity (Wildman–Crippen MR) is 116 cm³/mol. The molecule has 6 nitrogen and oxygen atoms in total. The summed E-state index contributed by atoms with van der Waals surface area (Å²) in [6, 6.07) is 16.8. The minimum atomic E-state index is -0.322. The van der Waals surface area contributed by atoms with Crippen molar-refractivity contribution < 1.29 is 18.7 Å². The van der Waals surface area contributed by atoms with Gasteiger partial charge in [0.15, 0.2) is 5.58 Å². The van der Waals surface area contributed by atoms with Crippen molar-refractivity contribution in [2.75, 3.05) is 19.5 Å². The lowest BCUT2D eigenvalue weighted by Gasteiger charge is -2.14. The van der Waals surface area contributed by atoms with Crippen molar-refractivity contribution in [3.8, 4) is 23.0 Å². The molecule has 0 aliphatic carbocycles. The maximum absolute atomic E-state index is 13.0. The molecule has 1 heterocycles. The molecule has 0 aliphatic rings. The Morgan fingerprint density at radius 3 is 2.40 bits per heavy atom. The van der Waals surface area contributed by atoms with Crippen LogP contribution in [0, 0.1) is 13.8 Å². The van der Waals surface area contributed by atoms with Gasteiger partial charge in [-0.15, -0.1) is 0 Å². The lowest BCUT2D eigenvalue weighted by atomic mass is 10.1. The molecule has 4 aromatic rings. The average Bonchev–Trinajstić information content (AvgIpc) is 3.17. The number of anilines is 1. The van der Waals surface area contributed by atoms with Crippen molar-refractivity contribution >= 4 is 22.7 Å². The number of hydrogen-bond acceptors (Lipinski definition) is 5. The molecular formula is C24H22N2O4. The fourth-order valence-corrected chi connectivity index (χ4v) is 3.30. The summed E-state index contributed by atoms with van der Waals surface area (Å²) in [6.07, 6.45) is 0. The molecule has 1 aromatic heterocycles. The van der Waals surface area contributed by atoms with Gasteiger partial charge in [-0.3, -0.25) is 4.79 Å². The molecule has 4 rings (SSSR count). The third-order valence-corrected chi connectivity index (χ3v) is 4.93. The summed E-state index contributed by atoms with van der Waals surface area (Å²) in [4.78, 5) is 17.6. The number of nitrogens with zero attached hydrogens (tertiary/aromatic N) is 1. The Balaban J connectivity index is 1.70. The summed E-state index contributed by atoms with van der Waals surface area (Å²) in [5.74, 6) is 1.06. The lowest BCUT2D eigenvalue weighted by molar-refractivity contribution is 0.102. The van der Waals surface area contributed by atoms with E-state index in [1.54, 1.807) is 18.2 Å². The van der Waals surface area contributed by atoms with Crippen LogP contribution in [0.2, 0.25) is 0 Å². The number of aromatic nitrogens is 1. The van der Waals surface area contributed by atoms with E-state index >= 15 is 0 Å². The maximum Gasteiger partial charge on any atom is 0.263 e. The molecule has 0 atom stereocenters. The zero-order valence-electron chi connectivity index (χ0n) is 17.3. The molecule has 0 saturated carbocycles. The standard InChI is InChI=1S/C24H22N2O4/c1-14-8-11-17-21(12-14)30-24(26-17)16-10-9-15(2)18(13-16)25-23(27)22-19(28-3)6-5-7-20(22)29-4/h5-13H,1-4H3,(H,25,27). The number of rotatable bonds is 5. The quantitative estimate of drug-likeness (QED) is 0.485. The van der Waals surface area contributed by atoms with Crippen molar-refractivity contribution in [2.45, 2.75) is 13.8 Å². The minimum Gasteiger partial charge on any atom is -0.496 e. The number of benzene rings is 3. The fourth-order valence-electron chi connectivity index (χ4n) is 3.30. The van der Waals surface area contributed by atoms with E-state index in [2.05, 4.69) is 10.3 Å². The Morgan fingerprint density at radius 2 is 1.70 bits per heavy atom. The van der Waals surface area contributed by atoms with Gasteiger partial charge in [0, 0.05) is 11.3 Å². The van der Waals surface area contributed by atoms with Gasteiger partial charge in [-0.25, -0.2) is 4.98 Å². The van der Waals surface area contributed by atoms with Crippen molar-refractivity contribution in [3.63, 3.8) is 0 Å². The molecule has 6 heteroatoms. The molecule has 152 valence electrons. The molecular weight excluding hydrogens is 380 g/mol. The van der Waals surface area contributed by atoms with Gasteiger partial charge in [-0.1, -0.05) is 18.2 Å². The topological polar surface area (TPSA) is 73.6 Å². The number of ether oxygens (including phenoxy) is 2. The normalized spacial score (nSPS) is 10.8. The molecule has 0 bridgehead atoms. The third kappa shape index (κ3) is 3.59. The summed E-state index contributed by atoms with van der Waals surface area (Å²) < 4.78 is 16.6. The van der Waals surface area contributed by atoms with Gasteiger partial charge in [0.2, 0.25) is 5.89 Å². The Morgan fingerprint density at radius 1 is 0.967 bits per heavy atom. The zero-order valence-corrected chi connectivity index (χ0v) is 17.3. The largest absolute Gasteiger partial charge is 0.496 e. The third-order valence-electron chi connectivity index (χ3n) is 4.93. The van der Waals surface area contributed by atoms with Crippen LogP contribution < -0.4 is 14.8 Å². The predicted octanol–water partition coefficient (Wildman–Crippen LogP) is 5.38. The first-order valence-electron chi connectivity index (χ1n) is 9.50. The highest BCUT2D eigenvalue weighted by atomic mass is 16.5. The molecule has 0 saturated heterocycles. The first-order valence-corrected chi connectivity index (χ1v) is 9.50. The number of carbonyl (C=O) groups is 1. The van der Waals surface area contributed by atoms with Crippen molar-refractivity contribution in [2.24, 2.45) is 0 Å². The van der Waals surface area contributed by atoms with Crippen LogP contribution in [0.15, 0.2) is 59.0 Å². The number of fused-ring (bicyclic) bond motifs is 1. The second-order valence-electron chi connectivity index (χ2n) is 7.01. The van der Waals surface area contributed by atoms with E-state index < -0.39 is 0 Å². The van der Waals surface area contributed by atoms with E-state index in [4.69, 9.17) is 13.9 Å². The molecule has 0 spiro atoms. The first-order chi connectivity index (χ1) is 14.5. The number of hydrogen-bond donors (Lipinski definition) is 1. The highest BCUT2D eigenvalue weighted by Gasteiger charge is 2.19. The van der Waals surface area contributed by atoms with Crippen LogP contribution in [-0.4, -0.2) is 25.1 Å². The number of nitrogens with one attached hydrogen (secondary N) is 1. The fraction of sp³-hybridized carbons (Fsp3) is 0.167. The van der Waals surface area contributed by atoms with E-state index in [1.165, 1.54) is 14.2 Å². The Bertz CT molecular complexity index is 1220. The van der Waals surface area contributed by atoms with Crippen LogP contribution in [0.4, 0.5) is 5.69 Å². The smallest absolute Gasteiger partial charge is 0.263 e. The molecule has 1 amide bonds. The van der Waals surface area contributed by atoms with Gasteiger partial charge in [0.25, 0.3) is 5.91 Å². The average molecular weight is 402 g/mol. The van der Waals surface area contributed by atoms with E-state index in [0.29, 0.717) is 28.6 Å². The molecule has 30 heavy (non-hydrogen) atoms. The van der Waals surface area contributed by atoms with E-state index in [1.807, 2.05) is 50.2 Å². The molecule has 0 fully saturated rings. The molecule has 0 aliphatic heterocycles. The second kappa shape index (κ2) is 7.91. The number of aryl methyl sites for hydroxylation is 2. The number of amides is 1. The van der Waals surface area contributed by atoms with Crippen molar-refractivity contribution in [1.82, 2.24) is 4.98 Å². The van der Waals surface area contributed by atoms with Gasteiger partial charge < -0.3 is 19.2 Å². The van der Waals surface area contributed by atoms with Gasteiger partial charge in [-0.2, -0.15) is 0 Å². The van der Waals surface area contributed by atoms with Crippen LogP contribution in [0.1, 0.15) is 21.5 Å². The molecule has 1 N–H and O–H groups in total. The van der Waals surface area contributed by atoms with Crippen LogP contribution >= 0.6 is 0 Å². The Labute approximate surface area is 174 Å². The Kier molecular flexibility index (Phi) is 5.14. The second-order valence-corrected chi connectivity index (χ2v) is 7.01. The monoisotopic (exact) mass is 402 g/mol. The van der Waals surface area contributed by atoms with Gasteiger partial charge in [0.05, 0.1) is 14.2 Å². The van der Waals surface area contributed by atoms with Crippen LogP contribution in [0.25, 0.3) is 22.6 Å². The van der Waals surface area contributed by atoms with Crippen molar-refractivity contribution in [3.05, 3.63) is 71.3 Å². The van der Waals surface area contributed by atoms with Crippen molar-refractivity contribution in [1.29, 1.82) is 0 Å².